The van der Waals surface area contributed by atoms with E-state index in [4.69, 9.17) is 9.47 Å². The van der Waals surface area contributed by atoms with Crippen LogP contribution >= 0.6 is 0 Å². The normalized spacial score (nSPS) is 18.8. The molecule has 0 saturated carbocycles. The van der Waals surface area contributed by atoms with Gasteiger partial charge >= 0.3 is 6.09 Å². The zero-order valence-electron chi connectivity index (χ0n) is 29.3. The van der Waals surface area contributed by atoms with Crippen LogP contribution in [0, 0.1) is 5.92 Å². The Hall–Kier alpha value is -4.45. The zero-order valence-corrected chi connectivity index (χ0v) is 29.3. The molecule has 4 aromatic rings. The SMILES string of the molecule is O=C(O[C@H]1CN2CCC1CC2)N(Cc1ccccn1)c1cccc(OCCCCCCCCCNC[C@H](O)c2ccc(O)c3[nH]c(=O)ccc23)c1. The van der Waals surface area contributed by atoms with E-state index in [1.165, 1.54) is 18.6 Å². The highest BCUT2D eigenvalue weighted by Crippen LogP contribution is 2.32. The Balaban J connectivity index is 0.870. The van der Waals surface area contributed by atoms with E-state index in [2.05, 4.69) is 20.2 Å². The topological polar surface area (TPSA) is 140 Å². The summed E-state index contributed by atoms with van der Waals surface area (Å²) in [6, 6.07) is 19.7. The van der Waals surface area contributed by atoms with Crippen LogP contribution in [0.2, 0.25) is 0 Å². The van der Waals surface area contributed by atoms with Crippen molar-refractivity contribution in [1.82, 2.24) is 20.2 Å². The van der Waals surface area contributed by atoms with Crippen molar-refractivity contribution in [3.05, 3.63) is 94.5 Å². The van der Waals surface area contributed by atoms with E-state index in [1.54, 1.807) is 23.2 Å². The summed E-state index contributed by atoms with van der Waals surface area (Å²) in [7, 11) is 0. The quantitative estimate of drug-likeness (QED) is 0.0883. The number of phenolic OH excluding ortho intramolecular Hbond substituents is 1. The van der Waals surface area contributed by atoms with Gasteiger partial charge in [-0.3, -0.25) is 19.6 Å². The molecule has 11 heteroatoms. The summed E-state index contributed by atoms with van der Waals surface area (Å²) in [5, 5.41) is 24.7. The Morgan fingerprint density at radius 2 is 1.78 bits per heavy atom. The van der Waals surface area contributed by atoms with E-state index in [0.717, 1.165) is 94.7 Å². The molecule has 11 nitrogen and oxygen atoms in total. The summed E-state index contributed by atoms with van der Waals surface area (Å²) >= 11 is 0. The van der Waals surface area contributed by atoms with Gasteiger partial charge in [0.1, 0.15) is 17.6 Å². The fourth-order valence-corrected chi connectivity index (χ4v) is 7.22. The molecule has 1 amide bonds. The minimum absolute atomic E-state index is 0.0108. The van der Waals surface area contributed by atoms with Gasteiger partial charge in [-0.25, -0.2) is 4.79 Å². The molecule has 2 bridgehead atoms. The van der Waals surface area contributed by atoms with E-state index in [9.17, 15) is 19.8 Å². The molecule has 0 unspecified atom stereocenters. The number of carbonyl (C=O) groups excluding carboxylic acids is 1. The number of aromatic hydroxyl groups is 1. The first-order chi connectivity index (χ1) is 24.9. The van der Waals surface area contributed by atoms with Crippen LogP contribution in [0.15, 0.2) is 77.7 Å². The minimum atomic E-state index is -0.745. The molecular weight excluding hydrogens is 646 g/mol. The number of phenols is 1. The molecule has 3 aliphatic heterocycles. The molecule has 2 aromatic heterocycles. The maximum atomic E-state index is 13.6. The van der Waals surface area contributed by atoms with Crippen LogP contribution < -0.4 is 20.5 Å². The number of carbonyl (C=O) groups is 1. The number of rotatable bonds is 18. The van der Waals surface area contributed by atoms with Crippen molar-refractivity contribution >= 4 is 22.7 Å². The number of pyridine rings is 2. The average molecular weight is 698 g/mol. The molecule has 5 heterocycles. The van der Waals surface area contributed by atoms with Gasteiger partial charge in [-0.05, 0) is 93.2 Å². The number of unbranched alkanes of at least 4 members (excludes halogenated alkanes) is 6. The third-order valence-corrected chi connectivity index (χ3v) is 10.1. The Labute approximate surface area is 299 Å². The number of hydrogen-bond donors (Lipinski definition) is 4. The molecule has 3 fully saturated rings. The van der Waals surface area contributed by atoms with E-state index >= 15 is 0 Å². The fraction of sp³-hybridized carbons (Fsp3) is 0.475. The van der Waals surface area contributed by atoms with Crippen molar-refractivity contribution in [2.24, 2.45) is 5.92 Å². The van der Waals surface area contributed by atoms with Gasteiger partial charge in [0.2, 0.25) is 5.56 Å². The van der Waals surface area contributed by atoms with E-state index in [0.29, 0.717) is 42.1 Å². The number of H-pyrrole nitrogens is 1. The second kappa shape index (κ2) is 18.2. The lowest BCUT2D eigenvalue weighted by Gasteiger charge is -2.44. The van der Waals surface area contributed by atoms with Crippen LogP contribution in [-0.4, -0.2) is 76.6 Å². The molecule has 3 aliphatic rings. The van der Waals surface area contributed by atoms with Crippen molar-refractivity contribution in [3.8, 4) is 11.5 Å². The predicted molar refractivity (Wildman–Crippen MR) is 198 cm³/mol. The summed E-state index contributed by atoms with van der Waals surface area (Å²) in [6.07, 6.45) is 10.4. The lowest BCUT2D eigenvalue weighted by molar-refractivity contribution is -0.0311. The summed E-state index contributed by atoms with van der Waals surface area (Å²) < 4.78 is 12.2. The van der Waals surface area contributed by atoms with Gasteiger partial charge in [0.05, 0.1) is 36.2 Å². The molecule has 51 heavy (non-hydrogen) atoms. The number of benzene rings is 2. The highest BCUT2D eigenvalue weighted by Gasteiger charge is 2.37. The maximum absolute atomic E-state index is 13.6. The molecule has 0 aliphatic carbocycles. The Morgan fingerprint density at radius 3 is 2.55 bits per heavy atom. The number of nitrogens with zero attached hydrogens (tertiary/aromatic N) is 3. The molecule has 3 saturated heterocycles. The summed E-state index contributed by atoms with van der Waals surface area (Å²) in [5.74, 6) is 1.16. The third kappa shape index (κ3) is 10.1. The zero-order chi connectivity index (χ0) is 35.4. The molecule has 7 rings (SSSR count). The first kappa shape index (κ1) is 36.3. The van der Waals surface area contributed by atoms with E-state index < -0.39 is 6.10 Å². The number of aromatic nitrogens is 2. The van der Waals surface area contributed by atoms with Gasteiger partial charge in [-0.15, -0.1) is 0 Å². The number of fused-ring (bicyclic) bond motifs is 4. The lowest BCUT2D eigenvalue weighted by Crippen LogP contribution is -2.53. The predicted octanol–water partition coefficient (Wildman–Crippen LogP) is 6.30. The van der Waals surface area contributed by atoms with Crippen LogP contribution in [0.4, 0.5) is 10.5 Å². The Morgan fingerprint density at radius 1 is 0.980 bits per heavy atom. The smallest absolute Gasteiger partial charge is 0.414 e. The molecule has 0 spiro atoms. The summed E-state index contributed by atoms with van der Waals surface area (Å²) in [5.41, 5.74) is 2.25. The second-order valence-electron chi connectivity index (χ2n) is 13.8. The third-order valence-electron chi connectivity index (χ3n) is 10.1. The number of aromatic amines is 1. The summed E-state index contributed by atoms with van der Waals surface area (Å²) in [4.78, 5) is 36.4. The van der Waals surface area contributed by atoms with Crippen LogP contribution in [0.3, 0.4) is 0 Å². The second-order valence-corrected chi connectivity index (χ2v) is 13.8. The number of piperidine rings is 3. The number of aliphatic hydroxyl groups is 1. The van der Waals surface area contributed by atoms with Gasteiger partial charge in [0.15, 0.2) is 0 Å². The van der Waals surface area contributed by atoms with Gasteiger partial charge in [0, 0.05) is 36.8 Å². The Kier molecular flexibility index (Phi) is 12.9. The number of amides is 1. The minimum Gasteiger partial charge on any atom is -0.506 e. The van der Waals surface area contributed by atoms with Crippen molar-refractivity contribution in [2.45, 2.75) is 76.5 Å². The molecular formula is C40H51N5O6. The number of ether oxygens (including phenoxy) is 2. The highest BCUT2D eigenvalue weighted by molar-refractivity contribution is 5.88. The van der Waals surface area contributed by atoms with E-state index in [-0.39, 0.29) is 23.5 Å². The van der Waals surface area contributed by atoms with E-state index in [1.807, 2.05) is 42.5 Å². The highest BCUT2D eigenvalue weighted by atomic mass is 16.6. The largest absolute Gasteiger partial charge is 0.506 e. The van der Waals surface area contributed by atoms with Gasteiger partial charge in [-0.1, -0.05) is 50.3 Å². The molecule has 0 radical (unpaired) electrons. The fourth-order valence-electron chi connectivity index (χ4n) is 7.22. The van der Waals surface area contributed by atoms with Crippen LogP contribution in [0.5, 0.6) is 11.5 Å². The van der Waals surface area contributed by atoms with Crippen LogP contribution in [-0.2, 0) is 11.3 Å². The molecule has 2 atom stereocenters. The standard InChI is InChI=1S/C40H51N5O6/c46-35-16-14-33(34-15-17-38(48)43-39(34)35)36(47)26-41-20-7-4-2-1-3-5-9-24-50-32-13-10-12-31(25-32)45(27-30-11-6-8-21-42-30)40(49)51-37-28-44-22-18-29(37)19-23-44/h6,8,10-17,21,25,29,36-37,41,46-47H,1-5,7,9,18-20,22-24,26-28H2,(H,43,48)/t36-,37-/m0/s1. The monoisotopic (exact) mass is 697 g/mol. The molecule has 272 valence electrons. The Bertz CT molecular complexity index is 1760. The number of aliphatic hydroxyl groups excluding tert-OH is 1. The maximum Gasteiger partial charge on any atom is 0.414 e. The average Bonchev–Trinajstić information content (AvgIpc) is 3.15. The van der Waals surface area contributed by atoms with Gasteiger partial charge in [-0.2, -0.15) is 0 Å². The van der Waals surface area contributed by atoms with Crippen molar-refractivity contribution in [2.75, 3.05) is 44.2 Å². The van der Waals surface area contributed by atoms with Crippen LogP contribution in [0.1, 0.15) is 75.1 Å². The first-order valence-corrected chi connectivity index (χ1v) is 18.5. The van der Waals surface area contributed by atoms with Gasteiger partial charge < -0.3 is 30.0 Å². The molecule has 2 aromatic carbocycles. The van der Waals surface area contributed by atoms with Crippen molar-refractivity contribution in [1.29, 1.82) is 0 Å². The van der Waals surface area contributed by atoms with Crippen molar-refractivity contribution in [3.63, 3.8) is 0 Å². The number of anilines is 1. The lowest BCUT2D eigenvalue weighted by atomic mass is 9.86. The van der Waals surface area contributed by atoms with Crippen molar-refractivity contribution < 1.29 is 24.5 Å². The first-order valence-electron chi connectivity index (χ1n) is 18.5. The number of hydrogen-bond acceptors (Lipinski definition) is 9. The number of nitrogens with one attached hydrogen (secondary N) is 2. The van der Waals surface area contributed by atoms with Gasteiger partial charge in [0.25, 0.3) is 0 Å². The van der Waals surface area contributed by atoms with Crippen LogP contribution in [0.25, 0.3) is 10.9 Å². The molecule has 4 N–H and O–H groups in total. The summed E-state index contributed by atoms with van der Waals surface area (Å²) in [6.45, 7) is 5.15.